The minimum Gasteiger partial charge on any atom is -0.383 e. The Bertz CT molecular complexity index is 511. The summed E-state index contributed by atoms with van der Waals surface area (Å²) in [7, 11) is -2.21. The molecule has 0 bridgehead atoms. The molecule has 20 heavy (non-hydrogen) atoms. The van der Waals surface area contributed by atoms with Crippen LogP contribution in [0.25, 0.3) is 0 Å². The van der Waals surface area contributed by atoms with Gasteiger partial charge in [-0.3, -0.25) is 0 Å². The number of aryl methyl sites for hydroxylation is 1. The van der Waals surface area contributed by atoms with Gasteiger partial charge in [-0.15, -0.1) is 12.4 Å². The Morgan fingerprint density at radius 1 is 1.25 bits per heavy atom. The minimum atomic E-state index is -3.80. The van der Waals surface area contributed by atoms with E-state index in [1.165, 1.54) is 25.1 Å². The van der Waals surface area contributed by atoms with Crippen LogP contribution in [-0.2, 0) is 14.8 Å². The smallest absolute Gasteiger partial charge is 0.243 e. The SMILES string of the molecule is COCCNCCNS(=O)(=O)c1cccc(C)c1F.Cl. The molecule has 1 rings (SSSR count). The number of ether oxygens (including phenoxy) is 1. The van der Waals surface area contributed by atoms with Gasteiger partial charge < -0.3 is 10.1 Å². The van der Waals surface area contributed by atoms with Crippen molar-refractivity contribution in [3.63, 3.8) is 0 Å². The van der Waals surface area contributed by atoms with Crippen LogP contribution in [0.1, 0.15) is 5.56 Å². The zero-order chi connectivity index (χ0) is 14.3. The summed E-state index contributed by atoms with van der Waals surface area (Å²) in [6.07, 6.45) is 0. The van der Waals surface area contributed by atoms with Crippen LogP contribution in [0.2, 0.25) is 0 Å². The molecule has 0 saturated carbocycles. The molecule has 1 aromatic rings. The fourth-order valence-electron chi connectivity index (χ4n) is 1.48. The van der Waals surface area contributed by atoms with E-state index in [9.17, 15) is 12.8 Å². The number of methoxy groups -OCH3 is 1. The van der Waals surface area contributed by atoms with Crippen molar-refractivity contribution in [3.8, 4) is 0 Å². The first-order valence-electron chi connectivity index (χ1n) is 5.93. The average Bonchev–Trinajstić information content (AvgIpc) is 2.36. The number of benzene rings is 1. The first kappa shape index (κ1) is 19.3. The van der Waals surface area contributed by atoms with Crippen molar-refractivity contribution in [1.82, 2.24) is 10.0 Å². The largest absolute Gasteiger partial charge is 0.383 e. The van der Waals surface area contributed by atoms with Crippen molar-refractivity contribution in [1.29, 1.82) is 0 Å². The molecule has 0 amide bonds. The van der Waals surface area contributed by atoms with E-state index >= 15 is 0 Å². The predicted octanol–water partition coefficient (Wildman–Crippen LogP) is 1.07. The molecule has 0 heterocycles. The Hall–Kier alpha value is -0.730. The molecule has 0 aliphatic rings. The van der Waals surface area contributed by atoms with Gasteiger partial charge in [0.1, 0.15) is 10.7 Å². The Morgan fingerprint density at radius 3 is 2.60 bits per heavy atom. The average molecular weight is 327 g/mol. The zero-order valence-corrected chi connectivity index (χ0v) is 13.1. The lowest BCUT2D eigenvalue weighted by Crippen LogP contribution is -2.33. The fraction of sp³-hybridized carbons (Fsp3) is 0.500. The van der Waals surface area contributed by atoms with Gasteiger partial charge in [0.15, 0.2) is 0 Å². The molecule has 0 radical (unpaired) electrons. The highest BCUT2D eigenvalue weighted by Crippen LogP contribution is 2.16. The fourth-order valence-corrected chi connectivity index (χ4v) is 2.66. The quantitative estimate of drug-likeness (QED) is 0.701. The number of rotatable bonds is 8. The molecule has 0 aliphatic carbocycles. The molecule has 1 aromatic carbocycles. The van der Waals surface area contributed by atoms with Crippen molar-refractivity contribution in [2.24, 2.45) is 0 Å². The number of sulfonamides is 1. The standard InChI is InChI=1S/C12H19FN2O3S.ClH/c1-10-4-3-5-11(12(10)13)19(16,17)15-7-6-14-8-9-18-2;/h3-5,14-15H,6-9H2,1-2H3;1H. The summed E-state index contributed by atoms with van der Waals surface area (Å²) >= 11 is 0. The van der Waals surface area contributed by atoms with Crippen molar-refractivity contribution in [3.05, 3.63) is 29.6 Å². The summed E-state index contributed by atoms with van der Waals surface area (Å²) in [4.78, 5) is -0.315. The van der Waals surface area contributed by atoms with Crippen LogP contribution in [0.5, 0.6) is 0 Å². The van der Waals surface area contributed by atoms with Gasteiger partial charge in [-0.2, -0.15) is 0 Å². The van der Waals surface area contributed by atoms with E-state index in [0.717, 1.165) is 0 Å². The molecule has 0 aromatic heterocycles. The molecular weight excluding hydrogens is 307 g/mol. The molecule has 5 nitrogen and oxygen atoms in total. The van der Waals surface area contributed by atoms with E-state index in [4.69, 9.17) is 4.74 Å². The maximum absolute atomic E-state index is 13.7. The third-order valence-electron chi connectivity index (χ3n) is 2.52. The van der Waals surface area contributed by atoms with Gasteiger partial charge >= 0.3 is 0 Å². The lowest BCUT2D eigenvalue weighted by Gasteiger charge is -2.09. The summed E-state index contributed by atoms with van der Waals surface area (Å²) in [6.45, 7) is 3.37. The third kappa shape index (κ3) is 5.72. The van der Waals surface area contributed by atoms with E-state index in [1.54, 1.807) is 7.11 Å². The first-order valence-corrected chi connectivity index (χ1v) is 7.42. The summed E-state index contributed by atoms with van der Waals surface area (Å²) in [5, 5.41) is 2.99. The Labute approximate surface area is 125 Å². The second kappa shape index (κ2) is 9.25. The second-order valence-electron chi connectivity index (χ2n) is 4.03. The molecule has 0 spiro atoms. The minimum absolute atomic E-state index is 0. The summed E-state index contributed by atoms with van der Waals surface area (Å²) < 4.78 is 44.7. The maximum Gasteiger partial charge on any atom is 0.243 e. The van der Waals surface area contributed by atoms with E-state index in [2.05, 4.69) is 10.0 Å². The molecular formula is C12H20ClFN2O3S. The molecule has 0 fully saturated rings. The molecule has 8 heteroatoms. The van der Waals surface area contributed by atoms with Crippen LogP contribution in [0, 0.1) is 12.7 Å². The van der Waals surface area contributed by atoms with E-state index in [-0.39, 0.29) is 23.8 Å². The predicted molar refractivity (Wildman–Crippen MR) is 78.3 cm³/mol. The highest BCUT2D eigenvalue weighted by atomic mass is 35.5. The van der Waals surface area contributed by atoms with Gasteiger partial charge in [-0.25, -0.2) is 17.5 Å². The normalized spacial score (nSPS) is 11.2. The van der Waals surface area contributed by atoms with Crippen LogP contribution in [0.3, 0.4) is 0 Å². The lowest BCUT2D eigenvalue weighted by atomic mass is 10.2. The first-order chi connectivity index (χ1) is 8.99. The van der Waals surface area contributed by atoms with E-state index in [1.807, 2.05) is 0 Å². The van der Waals surface area contributed by atoms with E-state index in [0.29, 0.717) is 25.3 Å². The number of halogens is 2. The van der Waals surface area contributed by atoms with Gasteiger partial charge in [0.2, 0.25) is 10.0 Å². The Morgan fingerprint density at radius 2 is 1.95 bits per heavy atom. The Kier molecular flexibility index (Phi) is 8.91. The van der Waals surface area contributed by atoms with Crippen LogP contribution < -0.4 is 10.0 Å². The molecule has 2 N–H and O–H groups in total. The van der Waals surface area contributed by atoms with Crippen LogP contribution in [-0.4, -0.2) is 41.8 Å². The van der Waals surface area contributed by atoms with Gasteiger partial charge in [0, 0.05) is 26.7 Å². The number of hydrogen-bond donors (Lipinski definition) is 2. The topological polar surface area (TPSA) is 67.4 Å². The van der Waals surface area contributed by atoms with Crippen molar-refractivity contribution < 1.29 is 17.5 Å². The molecule has 116 valence electrons. The Balaban J connectivity index is 0.00000361. The zero-order valence-electron chi connectivity index (χ0n) is 11.5. The number of nitrogens with one attached hydrogen (secondary N) is 2. The lowest BCUT2D eigenvalue weighted by molar-refractivity contribution is 0.199. The van der Waals surface area contributed by atoms with Gasteiger partial charge in [-0.1, -0.05) is 12.1 Å². The van der Waals surface area contributed by atoms with Gasteiger partial charge in [0.25, 0.3) is 0 Å². The molecule has 0 aliphatic heterocycles. The summed E-state index contributed by atoms with van der Waals surface area (Å²) in [5.74, 6) is -0.706. The monoisotopic (exact) mass is 326 g/mol. The van der Waals surface area contributed by atoms with Gasteiger partial charge in [-0.05, 0) is 18.6 Å². The highest BCUT2D eigenvalue weighted by Gasteiger charge is 2.19. The second-order valence-corrected chi connectivity index (χ2v) is 5.76. The highest BCUT2D eigenvalue weighted by molar-refractivity contribution is 7.89. The van der Waals surface area contributed by atoms with Crippen LogP contribution >= 0.6 is 12.4 Å². The van der Waals surface area contributed by atoms with Gasteiger partial charge in [0.05, 0.1) is 6.61 Å². The van der Waals surface area contributed by atoms with Crippen molar-refractivity contribution in [2.45, 2.75) is 11.8 Å². The summed E-state index contributed by atoms with van der Waals surface area (Å²) in [5.41, 5.74) is 0.307. The third-order valence-corrected chi connectivity index (χ3v) is 4.00. The van der Waals surface area contributed by atoms with Crippen molar-refractivity contribution in [2.75, 3.05) is 33.4 Å². The van der Waals surface area contributed by atoms with E-state index < -0.39 is 15.8 Å². The molecule has 0 saturated heterocycles. The molecule has 0 unspecified atom stereocenters. The summed E-state index contributed by atoms with van der Waals surface area (Å²) in [6, 6.07) is 4.30. The van der Waals surface area contributed by atoms with Crippen LogP contribution in [0.15, 0.2) is 23.1 Å². The van der Waals surface area contributed by atoms with Crippen molar-refractivity contribution >= 4 is 22.4 Å². The maximum atomic E-state index is 13.7. The molecule has 0 atom stereocenters. The number of hydrogen-bond acceptors (Lipinski definition) is 4. The van der Waals surface area contributed by atoms with Crippen LogP contribution in [0.4, 0.5) is 4.39 Å².